The standard InChI is InChI=1S/C24H19ClN6O2/c1-30-23(8-10-28-30)29-22-13-19(7-9-26-22)33-18-5-6-21-20(12-18)24(32)31(15-27-21)14-16-3-2-4-17(25)11-16/h2-13,15H,14H2,1H3,(H,26,29). The molecule has 0 saturated heterocycles. The van der Waals surface area contributed by atoms with E-state index in [0.717, 1.165) is 11.4 Å². The van der Waals surface area contributed by atoms with Gasteiger partial charge in [-0.2, -0.15) is 5.10 Å². The van der Waals surface area contributed by atoms with Gasteiger partial charge in [-0.25, -0.2) is 9.97 Å². The summed E-state index contributed by atoms with van der Waals surface area (Å²) in [6.45, 7) is 0.376. The highest BCUT2D eigenvalue weighted by molar-refractivity contribution is 6.30. The number of nitrogens with one attached hydrogen (secondary N) is 1. The molecule has 0 aliphatic rings. The first-order valence-corrected chi connectivity index (χ1v) is 10.6. The van der Waals surface area contributed by atoms with Gasteiger partial charge in [0.05, 0.1) is 30.0 Å². The molecule has 0 atom stereocenters. The van der Waals surface area contributed by atoms with Crippen molar-refractivity contribution in [2.24, 2.45) is 7.05 Å². The Balaban J connectivity index is 1.41. The molecule has 3 aromatic heterocycles. The highest BCUT2D eigenvalue weighted by Crippen LogP contribution is 2.26. The summed E-state index contributed by atoms with van der Waals surface area (Å²) in [6.07, 6.45) is 4.89. The molecule has 8 nitrogen and oxygen atoms in total. The van der Waals surface area contributed by atoms with Crippen molar-refractivity contribution < 1.29 is 4.74 Å². The van der Waals surface area contributed by atoms with Crippen LogP contribution in [0.3, 0.4) is 0 Å². The predicted octanol–water partition coefficient (Wildman–Crippen LogP) is 4.76. The molecule has 3 heterocycles. The second-order valence-corrected chi connectivity index (χ2v) is 7.87. The molecule has 0 unspecified atom stereocenters. The molecule has 33 heavy (non-hydrogen) atoms. The lowest BCUT2D eigenvalue weighted by atomic mass is 10.2. The molecule has 0 fully saturated rings. The Hall–Kier alpha value is -4.17. The maximum absolute atomic E-state index is 13.1. The number of rotatable bonds is 6. The minimum atomic E-state index is -0.154. The van der Waals surface area contributed by atoms with Crippen LogP contribution in [0.25, 0.3) is 10.9 Å². The molecule has 2 aromatic carbocycles. The van der Waals surface area contributed by atoms with Crippen LogP contribution in [-0.4, -0.2) is 24.3 Å². The Morgan fingerprint density at radius 2 is 1.88 bits per heavy atom. The van der Waals surface area contributed by atoms with Gasteiger partial charge >= 0.3 is 0 Å². The van der Waals surface area contributed by atoms with Crippen LogP contribution in [-0.2, 0) is 13.6 Å². The van der Waals surface area contributed by atoms with Crippen LogP contribution < -0.4 is 15.6 Å². The van der Waals surface area contributed by atoms with Crippen molar-refractivity contribution in [3.8, 4) is 11.5 Å². The summed E-state index contributed by atoms with van der Waals surface area (Å²) in [5.41, 5.74) is 1.37. The number of nitrogens with zero attached hydrogens (tertiary/aromatic N) is 5. The van der Waals surface area contributed by atoms with Crippen molar-refractivity contribution in [1.29, 1.82) is 0 Å². The summed E-state index contributed by atoms with van der Waals surface area (Å²) in [6, 6.07) is 18.0. The summed E-state index contributed by atoms with van der Waals surface area (Å²) in [5.74, 6) is 2.52. The van der Waals surface area contributed by atoms with Gasteiger partial charge in [0, 0.05) is 30.4 Å². The van der Waals surface area contributed by atoms with Crippen molar-refractivity contribution in [3.05, 3.63) is 100 Å². The van der Waals surface area contributed by atoms with Crippen molar-refractivity contribution in [2.45, 2.75) is 6.54 Å². The number of pyridine rings is 1. The van der Waals surface area contributed by atoms with Gasteiger partial charge in [0.1, 0.15) is 23.1 Å². The van der Waals surface area contributed by atoms with Gasteiger partial charge in [-0.3, -0.25) is 14.0 Å². The first-order chi connectivity index (χ1) is 16.0. The second kappa shape index (κ2) is 8.76. The molecule has 5 aromatic rings. The number of hydrogen-bond donors (Lipinski definition) is 1. The van der Waals surface area contributed by atoms with Gasteiger partial charge < -0.3 is 10.1 Å². The van der Waals surface area contributed by atoms with Crippen LogP contribution in [0.4, 0.5) is 11.6 Å². The first-order valence-electron chi connectivity index (χ1n) is 10.2. The number of fused-ring (bicyclic) bond motifs is 1. The van der Waals surface area contributed by atoms with E-state index < -0.39 is 0 Å². The van der Waals surface area contributed by atoms with Gasteiger partial charge in [0.15, 0.2) is 0 Å². The smallest absolute Gasteiger partial charge is 0.261 e. The molecular formula is C24H19ClN6O2. The van der Waals surface area contributed by atoms with Crippen molar-refractivity contribution >= 4 is 34.1 Å². The first kappa shape index (κ1) is 20.7. The average molecular weight is 459 g/mol. The van der Waals surface area contributed by atoms with E-state index >= 15 is 0 Å². The normalized spacial score (nSPS) is 11.0. The second-order valence-electron chi connectivity index (χ2n) is 7.43. The van der Waals surface area contributed by atoms with Crippen molar-refractivity contribution in [3.63, 3.8) is 0 Å². The predicted molar refractivity (Wildman–Crippen MR) is 127 cm³/mol. The number of benzene rings is 2. The molecule has 0 aliphatic carbocycles. The minimum Gasteiger partial charge on any atom is -0.457 e. The number of aryl methyl sites for hydroxylation is 1. The lowest BCUT2D eigenvalue weighted by Crippen LogP contribution is -2.21. The fourth-order valence-electron chi connectivity index (χ4n) is 3.45. The Morgan fingerprint density at radius 3 is 2.70 bits per heavy atom. The summed E-state index contributed by atoms with van der Waals surface area (Å²) in [5, 5.41) is 8.41. The maximum Gasteiger partial charge on any atom is 0.261 e. The number of halogens is 1. The van der Waals surface area contributed by atoms with Crippen molar-refractivity contribution in [2.75, 3.05) is 5.32 Å². The third-order valence-corrected chi connectivity index (χ3v) is 5.32. The van der Waals surface area contributed by atoms with Crippen LogP contribution >= 0.6 is 11.6 Å². The number of hydrogen-bond acceptors (Lipinski definition) is 6. The molecule has 0 amide bonds. The fourth-order valence-corrected chi connectivity index (χ4v) is 3.67. The zero-order valence-corrected chi connectivity index (χ0v) is 18.4. The number of anilines is 2. The van der Waals surface area contributed by atoms with Crippen LogP contribution in [0.1, 0.15) is 5.56 Å². The average Bonchev–Trinajstić information content (AvgIpc) is 3.20. The van der Waals surface area contributed by atoms with Crippen LogP contribution in [0.15, 0.2) is 84.2 Å². The van der Waals surface area contributed by atoms with Crippen LogP contribution in [0.2, 0.25) is 5.02 Å². The summed E-state index contributed by atoms with van der Waals surface area (Å²) in [4.78, 5) is 21.8. The summed E-state index contributed by atoms with van der Waals surface area (Å²) >= 11 is 6.07. The van der Waals surface area contributed by atoms with E-state index in [1.165, 1.54) is 0 Å². The summed E-state index contributed by atoms with van der Waals surface area (Å²) in [7, 11) is 1.84. The molecule has 9 heteroatoms. The minimum absolute atomic E-state index is 0.154. The molecule has 0 radical (unpaired) electrons. The third-order valence-electron chi connectivity index (χ3n) is 5.08. The third kappa shape index (κ3) is 4.56. The van der Waals surface area contributed by atoms with E-state index in [0.29, 0.717) is 39.8 Å². The van der Waals surface area contributed by atoms with Gasteiger partial charge in [0.2, 0.25) is 0 Å². The number of ether oxygens (including phenoxy) is 1. The van der Waals surface area contributed by atoms with E-state index in [9.17, 15) is 4.79 Å². The quantitative estimate of drug-likeness (QED) is 0.394. The lowest BCUT2D eigenvalue weighted by Gasteiger charge is -2.10. The van der Waals surface area contributed by atoms with Gasteiger partial charge in [-0.05, 0) is 42.0 Å². The molecule has 5 rings (SSSR count). The van der Waals surface area contributed by atoms with Gasteiger partial charge in [0.25, 0.3) is 5.56 Å². The topological polar surface area (TPSA) is 86.9 Å². The molecule has 0 spiro atoms. The Labute approximate surface area is 194 Å². The lowest BCUT2D eigenvalue weighted by molar-refractivity contribution is 0.483. The van der Waals surface area contributed by atoms with Crippen LogP contribution in [0.5, 0.6) is 11.5 Å². The Morgan fingerprint density at radius 1 is 1.00 bits per heavy atom. The SMILES string of the molecule is Cn1nccc1Nc1cc(Oc2ccc3ncn(Cc4cccc(Cl)c4)c(=O)c3c2)ccn1. The monoisotopic (exact) mass is 458 g/mol. The Bertz CT molecular complexity index is 1510. The Kier molecular flexibility index (Phi) is 5.50. The van der Waals surface area contributed by atoms with Crippen LogP contribution in [0, 0.1) is 0 Å². The summed E-state index contributed by atoms with van der Waals surface area (Å²) < 4.78 is 9.27. The molecular weight excluding hydrogens is 440 g/mol. The van der Waals surface area contributed by atoms with E-state index in [1.807, 2.05) is 31.3 Å². The van der Waals surface area contributed by atoms with E-state index in [2.05, 4.69) is 20.4 Å². The maximum atomic E-state index is 13.1. The van der Waals surface area contributed by atoms with Gasteiger partial charge in [-0.1, -0.05) is 23.7 Å². The molecule has 1 N–H and O–H groups in total. The van der Waals surface area contributed by atoms with Gasteiger partial charge in [-0.15, -0.1) is 0 Å². The van der Waals surface area contributed by atoms with Crippen molar-refractivity contribution in [1.82, 2.24) is 24.3 Å². The highest BCUT2D eigenvalue weighted by Gasteiger charge is 2.09. The molecule has 0 saturated carbocycles. The highest BCUT2D eigenvalue weighted by atomic mass is 35.5. The molecule has 0 bridgehead atoms. The molecule has 164 valence electrons. The molecule has 0 aliphatic heterocycles. The largest absolute Gasteiger partial charge is 0.457 e. The van der Waals surface area contributed by atoms with E-state index in [1.54, 1.807) is 64.4 Å². The number of aromatic nitrogens is 5. The fraction of sp³-hybridized carbons (Fsp3) is 0.0833. The van der Waals surface area contributed by atoms with E-state index in [4.69, 9.17) is 16.3 Å². The zero-order chi connectivity index (χ0) is 22.8. The van der Waals surface area contributed by atoms with E-state index in [-0.39, 0.29) is 5.56 Å². The zero-order valence-electron chi connectivity index (χ0n) is 17.6.